The van der Waals surface area contributed by atoms with Crippen molar-refractivity contribution in [1.82, 2.24) is 9.97 Å². The number of hydrogen-bond acceptors (Lipinski definition) is 7. The lowest BCUT2D eigenvalue weighted by Crippen LogP contribution is -2.03. The Morgan fingerprint density at radius 1 is 1.32 bits per heavy atom. The smallest absolute Gasteiger partial charge is 0.377 e. The minimum Gasteiger partial charge on any atom is -0.460 e. The molecule has 0 saturated heterocycles. The highest BCUT2D eigenvalue weighted by Gasteiger charge is 2.15. The van der Waals surface area contributed by atoms with E-state index >= 15 is 0 Å². The van der Waals surface area contributed by atoms with Crippen LogP contribution < -0.4 is 0 Å². The van der Waals surface area contributed by atoms with Crippen molar-refractivity contribution in [2.75, 3.05) is 6.61 Å². The maximum absolute atomic E-state index is 10.9. The van der Waals surface area contributed by atoms with Gasteiger partial charge < -0.3 is 18.7 Å². The Hall–Kier alpha value is -1.19. The number of aliphatic hydroxyl groups excluding tert-OH is 1. The molecule has 0 spiro atoms. The molecule has 1 N–H and O–H groups in total. The summed E-state index contributed by atoms with van der Waals surface area (Å²) in [5.41, 5.74) is 0. The molecule has 0 radical (unpaired) electrons. The van der Waals surface area contributed by atoms with E-state index in [1.807, 2.05) is 0 Å². The second-order valence-corrected chi connectivity index (χ2v) is 4.42. The van der Waals surface area contributed by atoms with Crippen LogP contribution in [0.4, 0.5) is 0 Å². The number of nitrogens with zero attached hydrogens (tertiary/aromatic N) is 2. The molecule has 2 aromatic heterocycles. The third-order valence-electron chi connectivity index (χ3n) is 1.72. The number of aromatic nitrogens is 2. The van der Waals surface area contributed by atoms with Gasteiger partial charge in [-0.2, -0.15) is 0 Å². The van der Waals surface area contributed by atoms with Crippen LogP contribution in [0.15, 0.2) is 30.8 Å². The van der Waals surface area contributed by atoms with E-state index in [0.29, 0.717) is 21.6 Å². The minimum atomic E-state index is -0.503. The molecule has 0 aliphatic carbocycles. The lowest BCUT2D eigenvalue weighted by molar-refractivity contribution is 0.0488. The predicted molar refractivity (Wildman–Crippen MR) is 70.3 cm³/mol. The van der Waals surface area contributed by atoms with E-state index in [1.54, 1.807) is 6.92 Å². The predicted octanol–water partition coefficient (Wildman–Crippen LogP) is 2.54. The molecule has 0 amide bonds. The van der Waals surface area contributed by atoms with Crippen molar-refractivity contribution < 1.29 is 23.5 Å². The fourth-order valence-electron chi connectivity index (χ4n) is 0.921. The van der Waals surface area contributed by atoms with Gasteiger partial charge in [0.1, 0.15) is 11.2 Å². The first-order valence-corrected chi connectivity index (χ1v) is 6.63. The Kier molecular flexibility index (Phi) is 6.74. The Balaban J connectivity index is 0.000000200. The number of ether oxygens (including phenoxy) is 1. The Morgan fingerprint density at radius 3 is 2.32 bits per heavy atom. The molecule has 0 aliphatic heterocycles. The summed E-state index contributed by atoms with van der Waals surface area (Å²) in [4.78, 5) is 18.3. The number of carbonyl (C=O) groups is 1. The van der Waals surface area contributed by atoms with Gasteiger partial charge in [0.15, 0.2) is 23.2 Å². The second kappa shape index (κ2) is 8.08. The van der Waals surface area contributed by atoms with Gasteiger partial charge in [-0.3, -0.25) is 0 Å². The molecular weight excluding hydrogens is 388 g/mol. The monoisotopic (exact) mass is 396 g/mol. The van der Waals surface area contributed by atoms with E-state index in [1.165, 1.54) is 12.8 Å². The van der Waals surface area contributed by atoms with Crippen LogP contribution >= 0.6 is 31.9 Å². The van der Waals surface area contributed by atoms with Gasteiger partial charge in [0.05, 0.1) is 6.61 Å². The van der Waals surface area contributed by atoms with Crippen molar-refractivity contribution in [1.29, 1.82) is 0 Å². The lowest BCUT2D eigenvalue weighted by Gasteiger charge is -1.95. The summed E-state index contributed by atoms with van der Waals surface area (Å²) in [6.45, 7) is 1.94. The highest BCUT2D eigenvalue weighted by atomic mass is 79.9. The molecule has 0 aliphatic rings. The molecule has 19 heavy (non-hydrogen) atoms. The first-order chi connectivity index (χ1) is 9.10. The van der Waals surface area contributed by atoms with Gasteiger partial charge >= 0.3 is 5.97 Å². The Morgan fingerprint density at radius 2 is 1.95 bits per heavy atom. The number of esters is 1. The lowest BCUT2D eigenvalue weighted by atomic mass is 10.5. The second-order valence-electron chi connectivity index (χ2n) is 2.92. The SMILES string of the molecule is CCOC(=O)c1ocnc1Br.OCc1ocnc1Br. The highest BCUT2D eigenvalue weighted by molar-refractivity contribution is 9.10. The maximum atomic E-state index is 10.9. The van der Waals surface area contributed by atoms with Gasteiger partial charge in [-0.05, 0) is 38.8 Å². The maximum Gasteiger partial charge on any atom is 0.377 e. The normalized spacial score (nSPS) is 9.68. The number of oxazole rings is 2. The summed E-state index contributed by atoms with van der Waals surface area (Å²) in [6.07, 6.45) is 2.45. The number of hydrogen-bond donors (Lipinski definition) is 1. The molecule has 2 heterocycles. The average molecular weight is 398 g/mol. The van der Waals surface area contributed by atoms with Gasteiger partial charge in [0.25, 0.3) is 0 Å². The summed E-state index contributed by atoms with van der Waals surface area (Å²) >= 11 is 6.09. The van der Waals surface area contributed by atoms with E-state index in [2.05, 4.69) is 46.6 Å². The zero-order chi connectivity index (χ0) is 14.3. The van der Waals surface area contributed by atoms with Crippen LogP contribution in [0.5, 0.6) is 0 Å². The van der Waals surface area contributed by atoms with Crippen LogP contribution in [-0.4, -0.2) is 27.7 Å². The third-order valence-corrected chi connectivity index (χ3v) is 2.93. The molecular formula is C10H10Br2N2O5. The summed E-state index contributed by atoms with van der Waals surface area (Å²) in [5, 5.41) is 8.44. The fraction of sp³-hybridized carbons (Fsp3) is 0.300. The number of halogens is 2. The van der Waals surface area contributed by atoms with Crippen LogP contribution in [0.2, 0.25) is 0 Å². The minimum absolute atomic E-state index is 0.104. The quantitative estimate of drug-likeness (QED) is 0.794. The molecule has 9 heteroatoms. The summed E-state index contributed by atoms with van der Waals surface area (Å²) < 4.78 is 15.1. The van der Waals surface area contributed by atoms with Gasteiger partial charge in [-0.15, -0.1) is 0 Å². The Labute approximate surface area is 125 Å². The molecule has 2 rings (SSSR count). The highest BCUT2D eigenvalue weighted by Crippen LogP contribution is 2.14. The van der Waals surface area contributed by atoms with Crippen molar-refractivity contribution in [2.45, 2.75) is 13.5 Å². The van der Waals surface area contributed by atoms with E-state index in [4.69, 9.17) is 13.9 Å². The van der Waals surface area contributed by atoms with Crippen molar-refractivity contribution in [3.05, 3.63) is 33.5 Å². The molecule has 0 saturated carbocycles. The van der Waals surface area contributed by atoms with Crippen LogP contribution in [0.25, 0.3) is 0 Å². The summed E-state index contributed by atoms with van der Waals surface area (Å²) in [6, 6.07) is 0. The summed E-state index contributed by atoms with van der Waals surface area (Å²) in [7, 11) is 0. The topological polar surface area (TPSA) is 98.6 Å². The molecule has 0 fully saturated rings. The van der Waals surface area contributed by atoms with Crippen molar-refractivity contribution in [2.24, 2.45) is 0 Å². The first kappa shape index (κ1) is 15.9. The van der Waals surface area contributed by atoms with Crippen molar-refractivity contribution in [3.8, 4) is 0 Å². The van der Waals surface area contributed by atoms with Gasteiger partial charge in [0, 0.05) is 0 Å². The van der Waals surface area contributed by atoms with Crippen LogP contribution in [0.3, 0.4) is 0 Å². The van der Waals surface area contributed by atoms with E-state index in [0.717, 1.165) is 0 Å². The number of carbonyl (C=O) groups excluding carboxylic acids is 1. The van der Waals surface area contributed by atoms with Crippen LogP contribution in [0.1, 0.15) is 23.2 Å². The molecule has 2 aromatic rings. The molecule has 0 atom stereocenters. The molecule has 104 valence electrons. The number of aliphatic hydroxyl groups is 1. The standard InChI is InChI=1S/C6H6BrNO3.C4H4BrNO2/c1-2-10-6(9)4-5(7)8-3-11-4;5-4-3(1-7)8-2-6-4/h3H,2H2,1H3;2,7H,1H2. The van der Waals surface area contributed by atoms with Gasteiger partial charge in [0.2, 0.25) is 5.76 Å². The third kappa shape index (κ3) is 4.77. The van der Waals surface area contributed by atoms with Crippen LogP contribution in [0, 0.1) is 0 Å². The van der Waals surface area contributed by atoms with Crippen molar-refractivity contribution >= 4 is 37.8 Å². The summed E-state index contributed by atoms with van der Waals surface area (Å²) in [5.74, 6) is 0.0636. The largest absolute Gasteiger partial charge is 0.460 e. The molecule has 0 aromatic carbocycles. The number of rotatable bonds is 3. The molecule has 0 bridgehead atoms. The molecule has 0 unspecified atom stereocenters. The Bertz CT molecular complexity index is 525. The van der Waals surface area contributed by atoms with Gasteiger partial charge in [-0.25, -0.2) is 14.8 Å². The van der Waals surface area contributed by atoms with Crippen molar-refractivity contribution in [3.63, 3.8) is 0 Å². The van der Waals surface area contributed by atoms with Gasteiger partial charge in [-0.1, -0.05) is 0 Å². The zero-order valence-electron chi connectivity index (χ0n) is 9.80. The van der Waals surface area contributed by atoms with E-state index < -0.39 is 5.97 Å². The van der Waals surface area contributed by atoms with E-state index in [-0.39, 0.29) is 12.4 Å². The zero-order valence-corrected chi connectivity index (χ0v) is 13.0. The first-order valence-electron chi connectivity index (χ1n) is 5.05. The average Bonchev–Trinajstić information content (AvgIpc) is 2.98. The molecule has 7 nitrogen and oxygen atoms in total. The van der Waals surface area contributed by atoms with Crippen LogP contribution in [-0.2, 0) is 11.3 Å². The van der Waals surface area contributed by atoms with E-state index in [9.17, 15) is 4.79 Å². The fourth-order valence-corrected chi connectivity index (χ4v) is 1.56.